The van der Waals surface area contributed by atoms with Crippen LogP contribution in [0.3, 0.4) is 0 Å². The Morgan fingerprint density at radius 1 is 1.50 bits per heavy atom. The predicted molar refractivity (Wildman–Crippen MR) is 94.2 cm³/mol. The van der Waals surface area contributed by atoms with Gasteiger partial charge in [-0.15, -0.1) is 11.6 Å². The molecule has 2 aromatic rings. The summed E-state index contributed by atoms with van der Waals surface area (Å²) in [6.45, 7) is 1.94. The molecule has 105 valence electrons. The smallest absolute Gasteiger partial charge is 0.158 e. The van der Waals surface area contributed by atoms with Crippen LogP contribution in [0.25, 0.3) is 10.8 Å². The summed E-state index contributed by atoms with van der Waals surface area (Å²) in [7, 11) is -0.757. The number of alkyl halides is 1. The van der Waals surface area contributed by atoms with E-state index in [0.29, 0.717) is 12.5 Å². The second kappa shape index (κ2) is 8.78. The topological polar surface area (TPSA) is 22.1 Å². The molecule has 6 heteroatoms. The lowest BCUT2D eigenvalue weighted by Crippen LogP contribution is -2.05. The van der Waals surface area contributed by atoms with Crippen LogP contribution < -0.4 is 0 Å². The number of hydrogen-bond acceptors (Lipinski definition) is 2. The Morgan fingerprint density at radius 3 is 3.15 bits per heavy atom. The number of hydrogen-bond donors (Lipinski definition) is 0. The van der Waals surface area contributed by atoms with Crippen molar-refractivity contribution in [2.75, 3.05) is 6.61 Å². The maximum atomic E-state index is 7.63. The molecule has 0 aliphatic carbocycles. The van der Waals surface area contributed by atoms with Gasteiger partial charge in [0.05, 0.1) is 11.6 Å². The van der Waals surface area contributed by atoms with Crippen molar-refractivity contribution in [3.05, 3.63) is 41.7 Å². The highest BCUT2D eigenvalue weighted by molar-refractivity contribution is 7.67. The average Bonchev–Trinajstić information content (AvgIpc) is 2.54. The highest BCUT2D eigenvalue weighted by atomic mass is 35.5. The van der Waals surface area contributed by atoms with Gasteiger partial charge in [-0.1, -0.05) is 24.3 Å². The fourth-order valence-electron chi connectivity index (χ4n) is 2.24. The molecule has 2 atom stereocenters. The minimum Gasteiger partial charge on any atom is -0.432 e. The monoisotopic (exact) mass is 325 g/mol. The van der Waals surface area contributed by atoms with Gasteiger partial charge in [0.25, 0.3) is 0 Å². The molecule has 1 aromatic carbocycles. The largest absolute Gasteiger partial charge is 0.432 e. The van der Waals surface area contributed by atoms with Gasteiger partial charge in [0, 0.05) is 20.7 Å². The van der Waals surface area contributed by atoms with Crippen molar-refractivity contribution in [1.29, 1.82) is 2.47 Å². The summed E-state index contributed by atoms with van der Waals surface area (Å²) >= 11 is 6.01. The van der Waals surface area contributed by atoms with E-state index >= 15 is 0 Å². The molecule has 0 aliphatic rings. The van der Waals surface area contributed by atoms with Crippen LogP contribution in [-0.4, -0.2) is 30.1 Å². The van der Waals surface area contributed by atoms with Crippen LogP contribution in [0.15, 0.2) is 30.5 Å². The van der Waals surface area contributed by atoms with E-state index in [0.717, 1.165) is 30.3 Å². The summed E-state index contributed by atoms with van der Waals surface area (Å²) in [5.41, 5.74) is 2.13. The Morgan fingerprint density at radius 2 is 2.35 bits per heavy atom. The number of aryl methyl sites for hydroxylation is 1. The standard InChI is InChI=1S/C14H19BClNOPSi/c16-9-14-13(7-3-4-8-18-20-15-19)12-6-2-1-5-11(12)10-17-14/h1-2,5-6,10H,3-4,7-9,19-20H2/i20TD. The third kappa shape index (κ3) is 4.29. The first kappa shape index (κ1) is 13.3. The Balaban J connectivity index is 1.99. The first-order valence-electron chi connectivity index (χ1n) is 7.69. The number of fused-ring (bicyclic) bond motifs is 1. The molecule has 0 amide bonds. The quantitative estimate of drug-likeness (QED) is 0.322. The van der Waals surface area contributed by atoms with Crippen LogP contribution >= 0.6 is 20.7 Å². The highest BCUT2D eigenvalue weighted by Crippen LogP contribution is 2.23. The summed E-state index contributed by atoms with van der Waals surface area (Å²) in [6.07, 6.45) is 4.51. The van der Waals surface area contributed by atoms with Gasteiger partial charge in [-0.3, -0.25) is 4.98 Å². The Hall–Kier alpha value is -0.408. The number of nitrogens with zero attached hydrogens (tertiary/aromatic N) is 1. The highest BCUT2D eigenvalue weighted by Gasteiger charge is 2.08. The lowest BCUT2D eigenvalue weighted by Gasteiger charge is -2.10. The normalized spacial score (nSPS) is 15.5. The van der Waals surface area contributed by atoms with E-state index in [1.54, 1.807) is 0 Å². The van der Waals surface area contributed by atoms with Crippen LogP contribution in [0.1, 0.15) is 24.1 Å². The van der Waals surface area contributed by atoms with Gasteiger partial charge in [0.2, 0.25) is 0 Å². The number of rotatable bonds is 8. The third-order valence-corrected chi connectivity index (χ3v) is 4.36. The molecule has 0 aliphatic heterocycles. The molecule has 1 heterocycles. The van der Waals surface area contributed by atoms with E-state index in [2.05, 4.69) is 26.2 Å². The number of halogens is 1. The molecule has 20 heavy (non-hydrogen) atoms. The van der Waals surface area contributed by atoms with Crippen molar-refractivity contribution in [3.8, 4) is 0 Å². The molecule has 2 rings (SSSR count). The molecule has 0 bridgehead atoms. The van der Waals surface area contributed by atoms with E-state index in [-0.39, 0.29) is 0 Å². The molecule has 1 aromatic heterocycles. The zero-order chi connectivity index (χ0) is 16.0. The number of unbranched alkanes of at least 4 members (excludes halogenated alkanes) is 1. The zero-order valence-electron chi connectivity index (χ0n) is 13.3. The van der Waals surface area contributed by atoms with E-state index in [1.165, 1.54) is 17.5 Å². The van der Waals surface area contributed by atoms with Gasteiger partial charge >= 0.3 is 0 Å². The van der Waals surface area contributed by atoms with Crippen LogP contribution in [0, 0.1) is 0 Å². The zero-order valence-corrected chi connectivity index (χ0v) is 14.2. The minimum absolute atomic E-state index is 0.411. The van der Waals surface area contributed by atoms with E-state index in [4.69, 9.17) is 18.5 Å². The van der Waals surface area contributed by atoms with Crippen molar-refractivity contribution in [2.45, 2.75) is 25.1 Å². The SMILES string of the molecule is [2H][Si]([3H])([B]P)OCCCCc1c(CCl)ncc2ccccc12. The second-order valence-electron chi connectivity index (χ2n) is 4.49. The van der Waals surface area contributed by atoms with E-state index < -0.39 is 9.50 Å². The van der Waals surface area contributed by atoms with Crippen molar-refractivity contribution in [3.63, 3.8) is 0 Å². The van der Waals surface area contributed by atoms with Gasteiger partial charge in [0.15, 0.2) is 6.59 Å². The minimum atomic E-state index is -3.06. The van der Waals surface area contributed by atoms with Crippen molar-refractivity contribution >= 4 is 47.6 Å². The molecule has 0 spiro atoms. The molecule has 0 N–H and O–H groups in total. The van der Waals surface area contributed by atoms with Crippen molar-refractivity contribution in [2.24, 2.45) is 0 Å². The first-order valence-corrected chi connectivity index (χ1v) is 8.87. The van der Waals surface area contributed by atoms with Crippen LogP contribution in [0.4, 0.5) is 0 Å². The summed E-state index contributed by atoms with van der Waals surface area (Å²) in [4.78, 5) is 4.45. The molecule has 0 saturated heterocycles. The third-order valence-electron chi connectivity index (χ3n) is 3.19. The fraction of sp³-hybridized carbons (Fsp3) is 0.357. The van der Waals surface area contributed by atoms with Crippen molar-refractivity contribution in [1.82, 2.24) is 4.98 Å². The van der Waals surface area contributed by atoms with Gasteiger partial charge in [-0.05, 0) is 30.2 Å². The summed E-state index contributed by atoms with van der Waals surface area (Å²) < 4.78 is 20.6. The molecule has 2 nitrogen and oxygen atoms in total. The maximum Gasteiger partial charge on any atom is 0.158 e. The molecule has 0 fully saturated rings. The molecular formula is C14H19BClNOPSi. The van der Waals surface area contributed by atoms with Gasteiger partial charge in [-0.2, -0.15) is 9.12 Å². The van der Waals surface area contributed by atoms with Gasteiger partial charge in [0.1, 0.15) is 9.50 Å². The van der Waals surface area contributed by atoms with E-state index in [9.17, 15) is 0 Å². The molecule has 1 radical (unpaired) electrons. The van der Waals surface area contributed by atoms with E-state index in [1.807, 2.05) is 18.3 Å². The fourth-order valence-corrected chi connectivity index (χ4v) is 3.12. The first-order chi connectivity index (χ1) is 10.6. The molecule has 2 unspecified atom stereocenters. The number of aromatic nitrogens is 1. The van der Waals surface area contributed by atoms with Gasteiger partial charge < -0.3 is 4.43 Å². The average molecular weight is 326 g/mol. The van der Waals surface area contributed by atoms with Gasteiger partial charge in [-0.25, -0.2) is 0 Å². The number of benzene rings is 1. The lowest BCUT2D eigenvalue weighted by molar-refractivity contribution is 0.332. The number of pyridine rings is 1. The van der Waals surface area contributed by atoms with Crippen LogP contribution in [0.5, 0.6) is 0 Å². The Labute approximate surface area is 133 Å². The van der Waals surface area contributed by atoms with Crippen molar-refractivity contribution < 1.29 is 4.43 Å². The molecular weight excluding hydrogens is 303 g/mol. The Bertz CT molecular complexity index is 635. The summed E-state index contributed by atoms with van der Waals surface area (Å²) in [5.74, 6) is 0.411. The lowest BCUT2D eigenvalue weighted by atomic mass is 10.00. The Kier molecular flexibility index (Phi) is 5.83. The molecule has 0 saturated carbocycles. The maximum absolute atomic E-state index is 7.63. The van der Waals surface area contributed by atoms with Crippen LogP contribution in [0.2, 0.25) is 0 Å². The summed E-state index contributed by atoms with van der Waals surface area (Å²) in [5, 5.41) is 2.33. The second-order valence-corrected chi connectivity index (χ2v) is 6.62. The summed E-state index contributed by atoms with van der Waals surface area (Å²) in [6, 6.07) is 8.20. The van der Waals surface area contributed by atoms with Crippen LogP contribution in [-0.2, 0) is 16.7 Å². The predicted octanol–water partition coefficient (Wildman–Crippen LogP) is 2.81.